The molecule has 0 spiro atoms. The number of alkyl halides is 21. The minimum Gasteiger partial charge on any atom is -0.338 e. The first-order valence-electron chi connectivity index (χ1n) is 10.0. The van der Waals surface area contributed by atoms with E-state index in [-0.39, 0.29) is 0 Å². The lowest BCUT2D eigenvalue weighted by atomic mass is 9.86. The van der Waals surface area contributed by atoms with E-state index in [1.807, 2.05) is 0 Å². The van der Waals surface area contributed by atoms with Crippen molar-refractivity contribution in [3.8, 4) is 0 Å². The standard InChI is InChI=1S/C16H12F21NO4S/c1-2-38(4-3-5-43(40,41)42)6(39)7(17,18)8(19,20)9(21,22)10(23,24)11(25,26)12(27,28)13(29,30)14(31,32)15(33,34)16(35,36)37/h2-5H2,1H3,(H,40,41,42). The fourth-order valence-electron chi connectivity index (χ4n) is 2.73. The van der Waals surface area contributed by atoms with Crippen molar-refractivity contribution in [3.05, 3.63) is 0 Å². The van der Waals surface area contributed by atoms with Crippen molar-refractivity contribution in [1.82, 2.24) is 4.90 Å². The van der Waals surface area contributed by atoms with Crippen molar-refractivity contribution in [3.63, 3.8) is 0 Å². The van der Waals surface area contributed by atoms with Crippen molar-refractivity contribution in [2.24, 2.45) is 0 Å². The number of nitrogens with zero attached hydrogens (tertiary/aromatic N) is 1. The molecule has 0 saturated heterocycles. The number of hydrogen-bond donors (Lipinski definition) is 1. The summed E-state index contributed by atoms with van der Waals surface area (Å²) in [5.41, 5.74) is 0. The highest BCUT2D eigenvalue weighted by atomic mass is 32.2. The highest BCUT2D eigenvalue weighted by molar-refractivity contribution is 7.85. The van der Waals surface area contributed by atoms with Gasteiger partial charge < -0.3 is 4.90 Å². The van der Waals surface area contributed by atoms with Crippen LogP contribution in [0, 0.1) is 0 Å². The highest BCUT2D eigenvalue weighted by Crippen LogP contribution is 2.66. The maximum Gasteiger partial charge on any atom is 0.460 e. The van der Waals surface area contributed by atoms with E-state index < -0.39 is 106 Å². The van der Waals surface area contributed by atoms with Crippen molar-refractivity contribution >= 4 is 16.0 Å². The third kappa shape index (κ3) is 5.98. The summed E-state index contributed by atoms with van der Waals surface area (Å²) in [7, 11) is -5.00. The van der Waals surface area contributed by atoms with Gasteiger partial charge in [-0.15, -0.1) is 0 Å². The molecule has 27 heteroatoms. The van der Waals surface area contributed by atoms with Crippen LogP contribution in [-0.4, -0.2) is 102 Å². The van der Waals surface area contributed by atoms with Crippen LogP contribution in [0.25, 0.3) is 0 Å². The normalized spacial score (nSPS) is 16.0. The van der Waals surface area contributed by atoms with Crippen molar-refractivity contribution in [2.45, 2.75) is 72.8 Å². The van der Waals surface area contributed by atoms with Crippen LogP contribution in [0.3, 0.4) is 0 Å². The fourth-order valence-corrected chi connectivity index (χ4v) is 3.23. The molecule has 5 nitrogen and oxygen atoms in total. The van der Waals surface area contributed by atoms with Gasteiger partial charge in [0.15, 0.2) is 0 Å². The molecule has 0 rings (SSSR count). The Hall–Kier alpha value is -2.09. The molecule has 0 aliphatic rings. The van der Waals surface area contributed by atoms with Gasteiger partial charge in [0.25, 0.3) is 16.0 Å². The van der Waals surface area contributed by atoms with E-state index in [4.69, 9.17) is 4.55 Å². The van der Waals surface area contributed by atoms with Gasteiger partial charge in [0, 0.05) is 13.1 Å². The molecule has 43 heavy (non-hydrogen) atoms. The van der Waals surface area contributed by atoms with Gasteiger partial charge in [0.2, 0.25) is 0 Å². The summed E-state index contributed by atoms with van der Waals surface area (Å²) in [6.45, 7) is -2.44. The van der Waals surface area contributed by atoms with Crippen molar-refractivity contribution < 1.29 is 110 Å². The Kier molecular flexibility index (Phi) is 10.5. The summed E-state index contributed by atoms with van der Waals surface area (Å²) in [6, 6.07) is 0. The molecule has 0 saturated carbocycles. The fraction of sp³-hybridized carbons (Fsp3) is 0.938. The van der Waals surface area contributed by atoms with E-state index in [1.165, 1.54) is 0 Å². The van der Waals surface area contributed by atoms with Crippen LogP contribution in [0.15, 0.2) is 0 Å². The monoisotopic (exact) mass is 713 g/mol. The van der Waals surface area contributed by atoms with Gasteiger partial charge in [-0.25, -0.2) is 0 Å². The average molecular weight is 713 g/mol. The Morgan fingerprint density at radius 2 is 0.837 bits per heavy atom. The predicted molar refractivity (Wildman–Crippen MR) is 93.9 cm³/mol. The van der Waals surface area contributed by atoms with Crippen LogP contribution in [0.4, 0.5) is 92.2 Å². The third-order valence-electron chi connectivity index (χ3n) is 5.28. The zero-order valence-electron chi connectivity index (χ0n) is 19.8. The number of carbonyl (C=O) groups excluding carboxylic acids is 1. The van der Waals surface area contributed by atoms with E-state index in [0.717, 1.165) is 0 Å². The van der Waals surface area contributed by atoms with Crippen molar-refractivity contribution in [2.75, 3.05) is 18.8 Å². The summed E-state index contributed by atoms with van der Waals surface area (Å²) < 4.78 is 311. The molecule has 1 amide bonds. The van der Waals surface area contributed by atoms with Gasteiger partial charge in [-0.05, 0) is 13.3 Å². The number of rotatable bonds is 14. The highest BCUT2D eigenvalue weighted by Gasteiger charge is 2.98. The molecule has 0 atom stereocenters. The Balaban J connectivity index is 6.98. The average Bonchev–Trinajstić information content (AvgIpc) is 2.78. The molecule has 1 N–H and O–H groups in total. The van der Waals surface area contributed by atoms with Gasteiger partial charge in [-0.3, -0.25) is 9.35 Å². The second-order valence-corrected chi connectivity index (χ2v) is 9.76. The Morgan fingerprint density at radius 1 is 0.558 bits per heavy atom. The van der Waals surface area contributed by atoms with E-state index in [2.05, 4.69) is 0 Å². The van der Waals surface area contributed by atoms with Crippen LogP contribution in [0.2, 0.25) is 0 Å². The maximum absolute atomic E-state index is 14.1. The first-order chi connectivity index (χ1) is 18.3. The van der Waals surface area contributed by atoms with Gasteiger partial charge in [0.1, 0.15) is 0 Å². The second kappa shape index (κ2) is 11.1. The van der Waals surface area contributed by atoms with E-state index >= 15 is 0 Å². The second-order valence-electron chi connectivity index (χ2n) is 8.19. The summed E-state index contributed by atoms with van der Waals surface area (Å²) in [5, 5.41) is 0. The Bertz CT molecular complexity index is 1130. The molecule has 258 valence electrons. The molecule has 0 aliphatic carbocycles. The molecule has 0 aromatic heterocycles. The number of amides is 1. The van der Waals surface area contributed by atoms with Crippen LogP contribution < -0.4 is 0 Å². The SMILES string of the molecule is CCN(CCCS(=O)(=O)O)C(=O)C(F)(F)C(F)(F)C(F)(F)C(F)(F)C(F)(F)C(F)(F)C(F)(F)C(F)(F)C(F)(F)C(F)(F)F. The smallest absolute Gasteiger partial charge is 0.338 e. The lowest BCUT2D eigenvalue weighted by Gasteiger charge is -2.44. The molecular formula is C16H12F21NO4S. The molecule has 0 unspecified atom stereocenters. The molecule has 0 radical (unpaired) electrons. The largest absolute Gasteiger partial charge is 0.460 e. The summed E-state index contributed by atoms with van der Waals surface area (Å²) in [4.78, 5) is 10.9. The molecular weight excluding hydrogens is 701 g/mol. The topological polar surface area (TPSA) is 74.7 Å². The van der Waals surface area contributed by atoms with Crippen LogP contribution >= 0.6 is 0 Å². The minimum atomic E-state index is -9.33. The molecule has 0 aromatic rings. The van der Waals surface area contributed by atoms with E-state index in [9.17, 15) is 105 Å². The lowest BCUT2D eigenvalue weighted by Crippen LogP contribution is -2.77. The van der Waals surface area contributed by atoms with Crippen LogP contribution in [0.1, 0.15) is 13.3 Å². The zero-order valence-corrected chi connectivity index (χ0v) is 20.6. The molecule has 0 bridgehead atoms. The zero-order chi connectivity index (χ0) is 35.5. The predicted octanol–water partition coefficient (Wildman–Crippen LogP) is 6.39. The molecule has 0 heterocycles. The molecule has 0 aromatic carbocycles. The summed E-state index contributed by atoms with van der Waals surface area (Å²) in [6.07, 6.45) is -9.30. The Morgan fingerprint density at radius 3 is 1.09 bits per heavy atom. The number of hydrogen-bond acceptors (Lipinski definition) is 3. The van der Waals surface area contributed by atoms with E-state index in [1.54, 1.807) is 0 Å². The van der Waals surface area contributed by atoms with Gasteiger partial charge in [-0.1, -0.05) is 0 Å². The first kappa shape index (κ1) is 40.9. The summed E-state index contributed by atoms with van der Waals surface area (Å²) in [5.74, 6) is -84.8. The van der Waals surface area contributed by atoms with Gasteiger partial charge in [-0.2, -0.15) is 101 Å². The maximum atomic E-state index is 14.1. The number of carbonyl (C=O) groups is 1. The Labute approximate surface area is 223 Å². The lowest BCUT2D eigenvalue weighted by molar-refractivity contribution is -0.473. The summed E-state index contributed by atoms with van der Waals surface area (Å²) >= 11 is 0. The first-order valence-corrected chi connectivity index (χ1v) is 11.6. The minimum absolute atomic E-state index is 0.500. The van der Waals surface area contributed by atoms with Gasteiger partial charge in [0.05, 0.1) is 5.75 Å². The third-order valence-corrected chi connectivity index (χ3v) is 6.08. The molecule has 0 aliphatic heterocycles. The van der Waals surface area contributed by atoms with Gasteiger partial charge >= 0.3 is 59.5 Å². The molecule has 0 fully saturated rings. The number of halogens is 21. The van der Waals surface area contributed by atoms with Crippen LogP contribution in [-0.2, 0) is 14.9 Å². The van der Waals surface area contributed by atoms with E-state index in [0.29, 0.717) is 6.92 Å². The van der Waals surface area contributed by atoms with Crippen LogP contribution in [0.5, 0.6) is 0 Å². The quantitative estimate of drug-likeness (QED) is 0.167. The van der Waals surface area contributed by atoms with Crippen molar-refractivity contribution in [1.29, 1.82) is 0 Å².